The molecule has 1 atom stereocenters. The number of aryl methyl sites for hydroxylation is 2. The molecule has 0 spiro atoms. The number of hydrogen-bond acceptors (Lipinski definition) is 5. The molecule has 2 amide bonds. The van der Waals surface area contributed by atoms with Crippen LogP contribution in [0.2, 0.25) is 0 Å². The van der Waals surface area contributed by atoms with Crippen molar-refractivity contribution in [2.45, 2.75) is 39.2 Å². The van der Waals surface area contributed by atoms with Crippen molar-refractivity contribution in [2.24, 2.45) is 7.05 Å². The molecule has 32 heavy (non-hydrogen) atoms. The van der Waals surface area contributed by atoms with Crippen LogP contribution in [0, 0.1) is 6.92 Å². The Labute approximate surface area is 189 Å². The summed E-state index contributed by atoms with van der Waals surface area (Å²) in [5.41, 5.74) is 2.12. The van der Waals surface area contributed by atoms with Crippen LogP contribution in [0.5, 0.6) is 5.75 Å². The van der Waals surface area contributed by atoms with Gasteiger partial charge in [-0.15, -0.1) is 0 Å². The minimum atomic E-state index is -0.200. The van der Waals surface area contributed by atoms with Crippen molar-refractivity contribution >= 4 is 17.5 Å². The van der Waals surface area contributed by atoms with Crippen LogP contribution in [-0.2, 0) is 11.8 Å². The number of nitrogens with zero attached hydrogens (tertiary/aromatic N) is 5. The third-order valence-corrected chi connectivity index (χ3v) is 6.54. The molecule has 8 heteroatoms. The Kier molecular flexibility index (Phi) is 6.79. The van der Waals surface area contributed by atoms with Gasteiger partial charge >= 0.3 is 0 Å². The van der Waals surface area contributed by atoms with Gasteiger partial charge in [0.15, 0.2) is 5.69 Å². The molecule has 0 radical (unpaired) electrons. The number of anilines is 1. The summed E-state index contributed by atoms with van der Waals surface area (Å²) in [4.78, 5) is 31.2. The van der Waals surface area contributed by atoms with Gasteiger partial charge in [0.2, 0.25) is 5.91 Å². The zero-order chi connectivity index (χ0) is 22.7. The van der Waals surface area contributed by atoms with Gasteiger partial charge < -0.3 is 19.4 Å². The van der Waals surface area contributed by atoms with Gasteiger partial charge in [-0.05, 0) is 70.0 Å². The number of benzene rings is 1. The largest absolute Gasteiger partial charge is 0.494 e. The fourth-order valence-corrected chi connectivity index (χ4v) is 4.45. The van der Waals surface area contributed by atoms with E-state index in [0.717, 1.165) is 30.1 Å². The summed E-state index contributed by atoms with van der Waals surface area (Å²) in [7, 11) is 1.80. The summed E-state index contributed by atoms with van der Waals surface area (Å²) in [5, 5.41) is 4.24. The minimum Gasteiger partial charge on any atom is -0.494 e. The number of piperazine rings is 1. The smallest absolute Gasteiger partial charge is 0.274 e. The molecular weight excluding hydrogens is 406 g/mol. The molecule has 0 N–H and O–H groups in total. The van der Waals surface area contributed by atoms with Crippen molar-refractivity contribution in [1.29, 1.82) is 0 Å². The lowest BCUT2D eigenvalue weighted by atomic mass is 10.2. The summed E-state index contributed by atoms with van der Waals surface area (Å²) in [6.07, 6.45) is 3.61. The highest BCUT2D eigenvalue weighted by Gasteiger charge is 2.29. The molecule has 172 valence electrons. The van der Waals surface area contributed by atoms with E-state index in [1.54, 1.807) is 27.6 Å². The Morgan fingerprint density at radius 3 is 2.59 bits per heavy atom. The third kappa shape index (κ3) is 4.96. The Bertz CT molecular complexity index is 936. The summed E-state index contributed by atoms with van der Waals surface area (Å²) >= 11 is 0. The number of aromatic nitrogens is 2. The van der Waals surface area contributed by atoms with Gasteiger partial charge in [0.25, 0.3) is 5.91 Å². The van der Waals surface area contributed by atoms with Crippen LogP contribution in [0.4, 0.5) is 5.69 Å². The van der Waals surface area contributed by atoms with Crippen LogP contribution < -0.4 is 9.64 Å². The van der Waals surface area contributed by atoms with E-state index in [4.69, 9.17) is 4.74 Å². The van der Waals surface area contributed by atoms with Gasteiger partial charge in [-0.25, -0.2) is 0 Å². The average molecular weight is 440 g/mol. The van der Waals surface area contributed by atoms with Crippen molar-refractivity contribution in [3.8, 4) is 5.75 Å². The molecule has 0 bridgehead atoms. The van der Waals surface area contributed by atoms with Gasteiger partial charge in [0.1, 0.15) is 12.3 Å². The molecule has 2 fully saturated rings. The van der Waals surface area contributed by atoms with Crippen molar-refractivity contribution in [1.82, 2.24) is 19.6 Å². The van der Waals surface area contributed by atoms with Gasteiger partial charge in [0, 0.05) is 44.1 Å². The third-order valence-electron chi connectivity index (χ3n) is 6.54. The van der Waals surface area contributed by atoms with Crippen molar-refractivity contribution in [2.75, 3.05) is 44.2 Å². The van der Waals surface area contributed by atoms with E-state index in [9.17, 15) is 9.59 Å². The maximum atomic E-state index is 12.7. The molecule has 0 unspecified atom stereocenters. The quantitative estimate of drug-likeness (QED) is 0.620. The van der Waals surface area contributed by atoms with E-state index in [0.29, 0.717) is 31.4 Å². The summed E-state index contributed by atoms with van der Waals surface area (Å²) in [6, 6.07) is 10.1. The molecular formula is C24H33N5O3. The van der Waals surface area contributed by atoms with Gasteiger partial charge in [-0.1, -0.05) is 0 Å². The number of likely N-dealkylation sites (tertiary alicyclic amines) is 1. The van der Waals surface area contributed by atoms with E-state index >= 15 is 0 Å². The Balaban J connectivity index is 1.26. The van der Waals surface area contributed by atoms with Crippen molar-refractivity contribution in [3.63, 3.8) is 0 Å². The van der Waals surface area contributed by atoms with Crippen molar-refractivity contribution < 1.29 is 14.3 Å². The van der Waals surface area contributed by atoms with E-state index in [2.05, 4.69) is 16.9 Å². The zero-order valence-corrected chi connectivity index (χ0v) is 19.3. The van der Waals surface area contributed by atoms with E-state index in [-0.39, 0.29) is 18.4 Å². The van der Waals surface area contributed by atoms with E-state index in [1.165, 1.54) is 19.4 Å². The second-order valence-corrected chi connectivity index (χ2v) is 8.79. The first kappa shape index (κ1) is 22.3. The van der Waals surface area contributed by atoms with E-state index < -0.39 is 0 Å². The van der Waals surface area contributed by atoms with Crippen LogP contribution in [0.1, 0.15) is 42.4 Å². The molecule has 2 aliphatic heterocycles. The van der Waals surface area contributed by atoms with Crippen LogP contribution in [0.25, 0.3) is 0 Å². The maximum Gasteiger partial charge on any atom is 0.274 e. The minimum absolute atomic E-state index is 0.0572. The van der Waals surface area contributed by atoms with Crippen LogP contribution in [0.15, 0.2) is 30.3 Å². The van der Waals surface area contributed by atoms with Crippen LogP contribution >= 0.6 is 0 Å². The van der Waals surface area contributed by atoms with Crippen LogP contribution in [-0.4, -0.2) is 76.8 Å². The van der Waals surface area contributed by atoms with Crippen molar-refractivity contribution in [3.05, 3.63) is 41.7 Å². The summed E-state index contributed by atoms with van der Waals surface area (Å²) in [5.74, 6) is 0.523. The molecule has 0 aliphatic carbocycles. The molecule has 2 aliphatic rings. The number of carbonyl (C=O) groups excluding carboxylic acids is 2. The lowest BCUT2D eigenvalue weighted by Gasteiger charge is -2.34. The van der Waals surface area contributed by atoms with E-state index in [1.807, 2.05) is 31.2 Å². The monoisotopic (exact) mass is 439 g/mol. The predicted molar refractivity (Wildman–Crippen MR) is 123 cm³/mol. The molecule has 2 aromatic rings. The summed E-state index contributed by atoms with van der Waals surface area (Å²) in [6.45, 7) is 8.16. The number of carbonyl (C=O) groups is 2. The fraction of sp³-hybridized carbons (Fsp3) is 0.542. The maximum absolute atomic E-state index is 12.7. The average Bonchev–Trinajstić information content (AvgIpc) is 3.35. The molecule has 0 saturated carbocycles. The molecule has 1 aromatic heterocycles. The molecule has 4 rings (SSSR count). The fourth-order valence-electron chi connectivity index (χ4n) is 4.45. The second kappa shape index (κ2) is 9.73. The zero-order valence-electron chi connectivity index (χ0n) is 19.3. The highest BCUT2D eigenvalue weighted by atomic mass is 16.5. The highest BCUT2D eigenvalue weighted by Crippen LogP contribution is 2.22. The number of rotatable bonds is 7. The Morgan fingerprint density at radius 2 is 1.97 bits per heavy atom. The first-order chi connectivity index (χ1) is 15.4. The SMILES string of the molecule is Cc1cc(C(=O)N2CCN(c3ccc(OCCCN4CCC[C@H]4C)cc3)C(=O)C2)nn1C. The standard InChI is InChI=1S/C24H33N5O3/c1-18-6-4-11-27(18)12-5-15-32-21-9-7-20(8-10-21)29-14-13-28(17-23(29)30)24(31)22-16-19(2)26(3)25-22/h7-10,16,18H,4-6,11-15,17H2,1-3H3/t18-/m1/s1. The second-order valence-electron chi connectivity index (χ2n) is 8.79. The first-order valence-electron chi connectivity index (χ1n) is 11.5. The van der Waals surface area contributed by atoms with Gasteiger partial charge in [-0.2, -0.15) is 5.10 Å². The number of hydrogen-bond donors (Lipinski definition) is 0. The molecule has 1 aromatic carbocycles. The molecule has 8 nitrogen and oxygen atoms in total. The van der Waals surface area contributed by atoms with Gasteiger partial charge in [-0.3, -0.25) is 14.3 Å². The number of amides is 2. The van der Waals surface area contributed by atoms with Crippen LogP contribution in [0.3, 0.4) is 0 Å². The Hall–Kier alpha value is -2.87. The summed E-state index contributed by atoms with van der Waals surface area (Å²) < 4.78 is 7.56. The van der Waals surface area contributed by atoms with Gasteiger partial charge in [0.05, 0.1) is 6.61 Å². The molecule has 3 heterocycles. The molecule has 2 saturated heterocycles. The first-order valence-corrected chi connectivity index (χ1v) is 11.5. The Morgan fingerprint density at radius 1 is 1.19 bits per heavy atom. The number of ether oxygens (including phenoxy) is 1. The normalized spacial score (nSPS) is 19.6. The predicted octanol–water partition coefficient (Wildman–Crippen LogP) is 2.47. The topological polar surface area (TPSA) is 70.9 Å². The lowest BCUT2D eigenvalue weighted by Crippen LogP contribution is -2.52. The highest BCUT2D eigenvalue weighted by molar-refractivity contribution is 6.01. The lowest BCUT2D eigenvalue weighted by molar-refractivity contribution is -0.120.